The standard InChI is InChI=1S/C9H15NO3/c1-3-10-5-4-7(9(12)13)6(2)8(10)11/h4-7,9,12-13H,3H2,1-2H3. The van der Waals surface area contributed by atoms with Crippen LogP contribution in [0.15, 0.2) is 12.3 Å². The van der Waals surface area contributed by atoms with Gasteiger partial charge < -0.3 is 15.1 Å². The van der Waals surface area contributed by atoms with Crippen LogP contribution in [0.25, 0.3) is 0 Å². The van der Waals surface area contributed by atoms with Crippen molar-refractivity contribution >= 4 is 5.91 Å². The highest BCUT2D eigenvalue weighted by Crippen LogP contribution is 2.23. The predicted octanol–water partition coefficient (Wildman–Crippen LogP) is -0.0748. The molecule has 1 aliphatic rings. The summed E-state index contributed by atoms with van der Waals surface area (Å²) in [6.07, 6.45) is 1.83. The second-order valence-corrected chi connectivity index (χ2v) is 3.25. The minimum atomic E-state index is -1.45. The van der Waals surface area contributed by atoms with Gasteiger partial charge in [0, 0.05) is 24.6 Å². The number of nitrogens with zero attached hydrogens (tertiary/aromatic N) is 1. The van der Waals surface area contributed by atoms with Crippen molar-refractivity contribution in [1.29, 1.82) is 0 Å². The number of carbonyl (C=O) groups is 1. The van der Waals surface area contributed by atoms with Crippen LogP contribution in [0, 0.1) is 11.8 Å². The Morgan fingerprint density at radius 3 is 2.69 bits per heavy atom. The van der Waals surface area contributed by atoms with Crippen molar-refractivity contribution in [1.82, 2.24) is 4.90 Å². The van der Waals surface area contributed by atoms with Gasteiger partial charge in [-0.2, -0.15) is 0 Å². The van der Waals surface area contributed by atoms with Crippen LogP contribution >= 0.6 is 0 Å². The topological polar surface area (TPSA) is 60.8 Å². The highest BCUT2D eigenvalue weighted by atomic mass is 16.5. The molecule has 4 nitrogen and oxygen atoms in total. The molecule has 2 atom stereocenters. The Bertz CT molecular complexity index is 225. The lowest BCUT2D eigenvalue weighted by Gasteiger charge is -2.31. The van der Waals surface area contributed by atoms with Gasteiger partial charge in [-0.05, 0) is 6.92 Å². The summed E-state index contributed by atoms with van der Waals surface area (Å²) in [4.78, 5) is 13.1. The Kier molecular flexibility index (Phi) is 3.06. The lowest BCUT2D eigenvalue weighted by molar-refractivity contribution is -0.143. The number of aliphatic hydroxyl groups is 2. The van der Waals surface area contributed by atoms with E-state index >= 15 is 0 Å². The van der Waals surface area contributed by atoms with Gasteiger partial charge >= 0.3 is 0 Å². The van der Waals surface area contributed by atoms with Crippen molar-refractivity contribution in [2.24, 2.45) is 11.8 Å². The molecule has 0 aromatic heterocycles. The summed E-state index contributed by atoms with van der Waals surface area (Å²) in [6, 6.07) is 0. The van der Waals surface area contributed by atoms with Crippen LogP contribution in [0.2, 0.25) is 0 Å². The number of carbonyl (C=O) groups excluding carboxylic acids is 1. The average Bonchev–Trinajstić information content (AvgIpc) is 2.09. The molecule has 1 rings (SSSR count). The zero-order chi connectivity index (χ0) is 10.0. The van der Waals surface area contributed by atoms with E-state index in [4.69, 9.17) is 10.2 Å². The summed E-state index contributed by atoms with van der Waals surface area (Å²) in [5, 5.41) is 17.9. The molecular formula is C9H15NO3. The molecule has 1 amide bonds. The maximum Gasteiger partial charge on any atom is 0.230 e. The van der Waals surface area contributed by atoms with Crippen LogP contribution in [0.1, 0.15) is 13.8 Å². The van der Waals surface area contributed by atoms with Crippen LogP contribution in [0.3, 0.4) is 0 Å². The van der Waals surface area contributed by atoms with Gasteiger partial charge in [0.2, 0.25) is 5.91 Å². The van der Waals surface area contributed by atoms with Crippen molar-refractivity contribution in [3.05, 3.63) is 12.3 Å². The Labute approximate surface area is 77.5 Å². The molecule has 0 aromatic carbocycles. The van der Waals surface area contributed by atoms with Crippen LogP contribution in [-0.4, -0.2) is 33.9 Å². The third-order valence-electron chi connectivity index (χ3n) is 2.42. The Balaban J connectivity index is 2.80. The minimum Gasteiger partial charge on any atom is -0.368 e. The average molecular weight is 185 g/mol. The van der Waals surface area contributed by atoms with Crippen LogP contribution in [-0.2, 0) is 4.79 Å². The largest absolute Gasteiger partial charge is 0.368 e. The second-order valence-electron chi connectivity index (χ2n) is 3.25. The fourth-order valence-corrected chi connectivity index (χ4v) is 1.49. The molecule has 4 heteroatoms. The fourth-order valence-electron chi connectivity index (χ4n) is 1.49. The van der Waals surface area contributed by atoms with E-state index in [2.05, 4.69) is 0 Å². The van der Waals surface area contributed by atoms with E-state index in [1.54, 1.807) is 24.1 Å². The van der Waals surface area contributed by atoms with Crippen molar-refractivity contribution in [2.75, 3.05) is 6.54 Å². The first-order valence-corrected chi connectivity index (χ1v) is 4.43. The molecule has 0 saturated heterocycles. The van der Waals surface area contributed by atoms with Gasteiger partial charge in [0.25, 0.3) is 0 Å². The normalized spacial score (nSPS) is 28.7. The minimum absolute atomic E-state index is 0.0527. The number of hydrogen-bond donors (Lipinski definition) is 2. The van der Waals surface area contributed by atoms with E-state index in [-0.39, 0.29) is 11.8 Å². The van der Waals surface area contributed by atoms with E-state index in [1.807, 2.05) is 6.92 Å². The summed E-state index contributed by atoms with van der Waals surface area (Å²) >= 11 is 0. The molecule has 0 bridgehead atoms. The van der Waals surface area contributed by atoms with Gasteiger partial charge in [0.15, 0.2) is 6.29 Å². The highest BCUT2D eigenvalue weighted by molar-refractivity contribution is 5.81. The molecular weight excluding hydrogens is 170 g/mol. The van der Waals surface area contributed by atoms with Crippen LogP contribution in [0.5, 0.6) is 0 Å². The quantitative estimate of drug-likeness (QED) is 0.592. The number of aliphatic hydroxyl groups excluding tert-OH is 1. The molecule has 1 heterocycles. The third-order valence-corrected chi connectivity index (χ3v) is 2.42. The molecule has 1 aliphatic heterocycles. The first kappa shape index (κ1) is 10.2. The Morgan fingerprint density at radius 2 is 2.23 bits per heavy atom. The number of amides is 1. The lowest BCUT2D eigenvalue weighted by Crippen LogP contribution is -2.41. The molecule has 0 aliphatic carbocycles. The third kappa shape index (κ3) is 1.89. The smallest absolute Gasteiger partial charge is 0.230 e. The van der Waals surface area contributed by atoms with E-state index < -0.39 is 12.2 Å². The van der Waals surface area contributed by atoms with Gasteiger partial charge in [-0.3, -0.25) is 4.79 Å². The Morgan fingerprint density at radius 1 is 1.62 bits per heavy atom. The molecule has 0 saturated carbocycles. The zero-order valence-corrected chi connectivity index (χ0v) is 7.84. The van der Waals surface area contributed by atoms with Crippen molar-refractivity contribution in [3.8, 4) is 0 Å². The SMILES string of the molecule is CCN1C=CC(C(O)O)C(C)C1=O. The highest BCUT2D eigenvalue weighted by Gasteiger charge is 2.32. The summed E-state index contributed by atoms with van der Waals surface area (Å²) in [5.74, 6) is -0.886. The van der Waals surface area contributed by atoms with Gasteiger partial charge in [-0.25, -0.2) is 0 Å². The first-order valence-electron chi connectivity index (χ1n) is 4.43. The molecule has 74 valence electrons. The van der Waals surface area contributed by atoms with Gasteiger partial charge in [-0.1, -0.05) is 13.0 Å². The number of rotatable bonds is 2. The van der Waals surface area contributed by atoms with Gasteiger partial charge in [0.05, 0.1) is 0 Å². The summed E-state index contributed by atoms with van der Waals surface area (Å²) < 4.78 is 0. The van der Waals surface area contributed by atoms with Crippen LogP contribution < -0.4 is 0 Å². The van der Waals surface area contributed by atoms with E-state index in [1.165, 1.54) is 0 Å². The predicted molar refractivity (Wildman–Crippen MR) is 47.4 cm³/mol. The molecule has 0 radical (unpaired) electrons. The summed E-state index contributed by atoms with van der Waals surface area (Å²) in [7, 11) is 0. The van der Waals surface area contributed by atoms with Crippen molar-refractivity contribution in [2.45, 2.75) is 20.1 Å². The summed E-state index contributed by atoms with van der Waals surface area (Å²) in [5.41, 5.74) is 0. The summed E-state index contributed by atoms with van der Waals surface area (Å²) in [6.45, 7) is 4.21. The first-order chi connectivity index (χ1) is 6.07. The van der Waals surface area contributed by atoms with E-state index in [0.717, 1.165) is 0 Å². The van der Waals surface area contributed by atoms with Crippen LogP contribution in [0.4, 0.5) is 0 Å². The Hall–Kier alpha value is -0.870. The lowest BCUT2D eigenvalue weighted by atomic mass is 9.89. The van der Waals surface area contributed by atoms with Crippen molar-refractivity contribution < 1.29 is 15.0 Å². The fraction of sp³-hybridized carbons (Fsp3) is 0.667. The molecule has 2 unspecified atom stereocenters. The molecule has 0 aromatic rings. The monoisotopic (exact) mass is 185 g/mol. The molecule has 0 spiro atoms. The second kappa shape index (κ2) is 3.89. The van der Waals surface area contributed by atoms with Gasteiger partial charge in [0.1, 0.15) is 0 Å². The van der Waals surface area contributed by atoms with Gasteiger partial charge in [-0.15, -0.1) is 0 Å². The molecule has 0 fully saturated rings. The maximum absolute atomic E-state index is 11.5. The van der Waals surface area contributed by atoms with E-state index in [9.17, 15) is 4.79 Å². The number of hydrogen-bond acceptors (Lipinski definition) is 3. The van der Waals surface area contributed by atoms with Crippen molar-refractivity contribution in [3.63, 3.8) is 0 Å². The molecule has 13 heavy (non-hydrogen) atoms. The molecule has 2 N–H and O–H groups in total. The zero-order valence-electron chi connectivity index (χ0n) is 7.84. The maximum atomic E-state index is 11.5. The van der Waals surface area contributed by atoms with E-state index in [0.29, 0.717) is 6.54 Å².